The molecule has 136 valence electrons. The summed E-state index contributed by atoms with van der Waals surface area (Å²) < 4.78 is 20.7. The summed E-state index contributed by atoms with van der Waals surface area (Å²) in [6.45, 7) is 0.328. The van der Waals surface area contributed by atoms with Crippen LogP contribution in [0, 0.1) is 11.8 Å². The lowest BCUT2D eigenvalue weighted by Gasteiger charge is -2.17. The molecule has 0 aromatic heterocycles. The van der Waals surface area contributed by atoms with E-state index in [2.05, 4.69) is 0 Å². The van der Waals surface area contributed by atoms with Gasteiger partial charge in [-0.05, 0) is 44.4 Å². The van der Waals surface area contributed by atoms with Crippen LogP contribution in [-0.2, 0) is 33.3 Å². The van der Waals surface area contributed by atoms with Crippen molar-refractivity contribution in [3.8, 4) is 0 Å². The topological polar surface area (TPSA) is 94.7 Å². The zero-order valence-corrected chi connectivity index (χ0v) is 13.9. The molecular formula is C18H22O7. The third-order valence-corrected chi connectivity index (χ3v) is 5.47. The van der Waals surface area contributed by atoms with Gasteiger partial charge in [-0.2, -0.15) is 0 Å². The second-order valence-corrected chi connectivity index (χ2v) is 7.32. The van der Waals surface area contributed by atoms with E-state index in [4.69, 9.17) is 18.9 Å². The summed E-state index contributed by atoms with van der Waals surface area (Å²) in [7, 11) is 0. The quantitative estimate of drug-likeness (QED) is 0.319. The van der Waals surface area contributed by atoms with Crippen molar-refractivity contribution in [3.05, 3.63) is 12.2 Å². The van der Waals surface area contributed by atoms with Gasteiger partial charge in [0.15, 0.2) is 0 Å². The molecular weight excluding hydrogens is 328 g/mol. The number of hydrogen-bond acceptors (Lipinski definition) is 7. The van der Waals surface area contributed by atoms with Gasteiger partial charge in [-0.3, -0.25) is 4.79 Å². The van der Waals surface area contributed by atoms with Gasteiger partial charge in [0.05, 0.1) is 36.9 Å². The molecule has 2 saturated carbocycles. The highest BCUT2D eigenvalue weighted by Crippen LogP contribution is 2.40. The summed E-state index contributed by atoms with van der Waals surface area (Å²) in [5.74, 6) is -1.97. The van der Waals surface area contributed by atoms with E-state index in [0.29, 0.717) is 37.6 Å². The van der Waals surface area contributed by atoms with Crippen LogP contribution in [0.1, 0.15) is 38.5 Å². The van der Waals surface area contributed by atoms with Crippen molar-refractivity contribution in [2.75, 3.05) is 6.61 Å². The maximum Gasteiger partial charge on any atom is 0.338 e. The van der Waals surface area contributed by atoms with Gasteiger partial charge in [-0.25, -0.2) is 9.59 Å². The summed E-state index contributed by atoms with van der Waals surface area (Å²) in [6.07, 6.45) is 8.18. The first-order valence-electron chi connectivity index (χ1n) is 9.00. The normalized spacial score (nSPS) is 38.4. The Morgan fingerprint density at radius 1 is 0.840 bits per heavy atom. The van der Waals surface area contributed by atoms with E-state index in [1.807, 2.05) is 0 Å². The van der Waals surface area contributed by atoms with E-state index in [1.54, 1.807) is 0 Å². The van der Waals surface area contributed by atoms with Gasteiger partial charge in [-0.15, -0.1) is 0 Å². The lowest BCUT2D eigenvalue weighted by molar-refractivity contribution is -0.160. The number of esters is 3. The van der Waals surface area contributed by atoms with E-state index >= 15 is 0 Å². The Morgan fingerprint density at radius 2 is 1.52 bits per heavy atom. The molecule has 2 saturated heterocycles. The number of fused-ring (bicyclic) bond motifs is 2. The van der Waals surface area contributed by atoms with E-state index in [1.165, 1.54) is 0 Å². The average Bonchev–Trinajstić information content (AvgIpc) is 3.50. The van der Waals surface area contributed by atoms with Crippen LogP contribution in [0.4, 0.5) is 0 Å². The molecule has 4 rings (SSSR count). The molecule has 0 amide bonds. The Bertz CT molecular complexity index is 598. The van der Waals surface area contributed by atoms with Crippen LogP contribution in [0.15, 0.2) is 12.2 Å². The minimum absolute atomic E-state index is 0.142. The van der Waals surface area contributed by atoms with Gasteiger partial charge in [-0.1, -0.05) is 0 Å². The van der Waals surface area contributed by atoms with Crippen molar-refractivity contribution in [3.63, 3.8) is 0 Å². The monoisotopic (exact) mass is 350 g/mol. The fraction of sp³-hybridized carbons (Fsp3) is 0.722. The SMILES string of the molecule is O=C(/C=C\C(=O)OC(=O)C1CCC2OC2C1)OCC1CCC2OC2C1. The lowest BCUT2D eigenvalue weighted by Crippen LogP contribution is -2.25. The van der Waals surface area contributed by atoms with Gasteiger partial charge in [0, 0.05) is 12.2 Å². The molecule has 25 heavy (non-hydrogen) atoms. The highest BCUT2D eigenvalue weighted by Gasteiger charge is 2.46. The van der Waals surface area contributed by atoms with Crippen molar-refractivity contribution in [2.24, 2.45) is 11.8 Å². The Hall–Kier alpha value is -1.73. The van der Waals surface area contributed by atoms with Crippen LogP contribution >= 0.6 is 0 Å². The summed E-state index contributed by atoms with van der Waals surface area (Å²) in [6, 6.07) is 0. The van der Waals surface area contributed by atoms with Gasteiger partial charge in [0.25, 0.3) is 0 Å². The second kappa shape index (κ2) is 6.88. The van der Waals surface area contributed by atoms with Crippen LogP contribution in [0.25, 0.3) is 0 Å². The number of rotatable bonds is 5. The van der Waals surface area contributed by atoms with Gasteiger partial charge in [0.2, 0.25) is 0 Å². The zero-order valence-electron chi connectivity index (χ0n) is 13.9. The van der Waals surface area contributed by atoms with Crippen LogP contribution in [0.5, 0.6) is 0 Å². The Labute approximate surface area is 145 Å². The van der Waals surface area contributed by atoms with E-state index in [-0.39, 0.29) is 18.1 Å². The van der Waals surface area contributed by atoms with Crippen molar-refractivity contribution >= 4 is 17.9 Å². The number of carbonyl (C=O) groups is 3. The maximum absolute atomic E-state index is 11.9. The molecule has 0 N–H and O–H groups in total. The molecule has 2 aliphatic heterocycles. The minimum atomic E-state index is -0.840. The van der Waals surface area contributed by atoms with Crippen LogP contribution in [0.3, 0.4) is 0 Å². The summed E-state index contributed by atoms with van der Waals surface area (Å²) in [5, 5.41) is 0. The number of carbonyl (C=O) groups excluding carboxylic acids is 3. The number of epoxide rings is 2. The molecule has 6 unspecified atom stereocenters. The first-order chi connectivity index (χ1) is 12.1. The molecule has 0 aromatic rings. The van der Waals surface area contributed by atoms with E-state index < -0.39 is 17.9 Å². The standard InChI is InChI=1S/C18H22O7/c19-16(22-9-10-1-3-12-14(7-10)23-12)5-6-17(20)25-18(21)11-2-4-13-15(8-11)24-13/h5-6,10-15H,1-4,7-9H2/b6-5-. The second-order valence-electron chi connectivity index (χ2n) is 7.32. The van der Waals surface area contributed by atoms with Gasteiger partial charge in [0.1, 0.15) is 0 Å². The first kappa shape index (κ1) is 16.7. The van der Waals surface area contributed by atoms with E-state index in [0.717, 1.165) is 37.8 Å². The highest BCUT2D eigenvalue weighted by atomic mass is 16.6. The van der Waals surface area contributed by atoms with Gasteiger partial charge >= 0.3 is 17.9 Å². The Balaban J connectivity index is 1.15. The Morgan fingerprint density at radius 3 is 2.24 bits per heavy atom. The van der Waals surface area contributed by atoms with E-state index in [9.17, 15) is 14.4 Å². The molecule has 2 heterocycles. The van der Waals surface area contributed by atoms with Crippen LogP contribution in [-0.4, -0.2) is 48.9 Å². The number of ether oxygens (including phenoxy) is 4. The number of hydrogen-bond donors (Lipinski definition) is 0. The Kier molecular flexibility index (Phi) is 4.60. The van der Waals surface area contributed by atoms with Crippen LogP contribution < -0.4 is 0 Å². The summed E-state index contributed by atoms with van der Waals surface area (Å²) in [5.41, 5.74) is 0. The molecule has 0 bridgehead atoms. The van der Waals surface area contributed by atoms with Gasteiger partial charge < -0.3 is 18.9 Å². The molecule has 6 atom stereocenters. The predicted octanol–water partition coefficient (Wildman–Crippen LogP) is 1.29. The van der Waals surface area contributed by atoms with Crippen molar-refractivity contribution in [1.82, 2.24) is 0 Å². The lowest BCUT2D eigenvalue weighted by atomic mass is 9.89. The average molecular weight is 350 g/mol. The summed E-state index contributed by atoms with van der Waals surface area (Å²) >= 11 is 0. The molecule has 0 spiro atoms. The molecule has 7 heteroatoms. The molecule has 0 radical (unpaired) electrons. The first-order valence-corrected chi connectivity index (χ1v) is 9.00. The smallest absolute Gasteiger partial charge is 0.338 e. The predicted molar refractivity (Wildman–Crippen MR) is 83.2 cm³/mol. The molecule has 4 aliphatic rings. The molecule has 7 nitrogen and oxygen atoms in total. The third kappa shape index (κ3) is 4.27. The van der Waals surface area contributed by atoms with Crippen molar-refractivity contribution < 1.29 is 33.3 Å². The third-order valence-electron chi connectivity index (χ3n) is 5.47. The molecule has 0 aromatic carbocycles. The van der Waals surface area contributed by atoms with Crippen LogP contribution in [0.2, 0.25) is 0 Å². The zero-order chi connectivity index (χ0) is 17.4. The maximum atomic E-state index is 11.9. The fourth-order valence-corrected chi connectivity index (χ4v) is 3.86. The van der Waals surface area contributed by atoms with Crippen molar-refractivity contribution in [1.29, 1.82) is 0 Å². The van der Waals surface area contributed by atoms with Crippen molar-refractivity contribution in [2.45, 2.75) is 62.9 Å². The molecule has 4 fully saturated rings. The molecule has 2 aliphatic carbocycles. The highest BCUT2D eigenvalue weighted by molar-refractivity contribution is 5.96. The largest absolute Gasteiger partial charge is 0.462 e. The summed E-state index contributed by atoms with van der Waals surface area (Å²) in [4.78, 5) is 35.3. The fourth-order valence-electron chi connectivity index (χ4n) is 3.86. The minimum Gasteiger partial charge on any atom is -0.462 e.